The van der Waals surface area contributed by atoms with Gasteiger partial charge in [0.2, 0.25) is 5.91 Å². The van der Waals surface area contributed by atoms with Crippen molar-refractivity contribution in [3.05, 3.63) is 47.0 Å². The van der Waals surface area contributed by atoms with Crippen LogP contribution in [0.2, 0.25) is 0 Å². The lowest BCUT2D eigenvalue weighted by molar-refractivity contribution is -0.120. The Bertz CT molecular complexity index is 589. The lowest BCUT2D eigenvalue weighted by Gasteiger charge is -2.06. The molecule has 0 bridgehead atoms. The van der Waals surface area contributed by atoms with Crippen molar-refractivity contribution < 1.29 is 4.79 Å². The molecule has 0 aliphatic heterocycles. The van der Waals surface area contributed by atoms with Gasteiger partial charge in [-0.1, -0.05) is 6.07 Å². The molecule has 2 aromatic heterocycles. The van der Waals surface area contributed by atoms with Crippen LogP contribution in [-0.4, -0.2) is 27.2 Å². The molecule has 0 atom stereocenters. The summed E-state index contributed by atoms with van der Waals surface area (Å²) in [5.41, 5.74) is 4.34. The van der Waals surface area contributed by atoms with E-state index in [2.05, 4.69) is 15.4 Å². The Kier molecular flexibility index (Phi) is 4.50. The summed E-state index contributed by atoms with van der Waals surface area (Å²) in [7, 11) is 1.94. The zero-order valence-corrected chi connectivity index (χ0v) is 12.2. The molecule has 0 saturated heterocycles. The van der Waals surface area contributed by atoms with E-state index < -0.39 is 0 Å². The number of carbonyl (C=O) groups excluding carboxylic acids is 1. The molecule has 0 aromatic carbocycles. The molecule has 1 amide bonds. The van der Waals surface area contributed by atoms with Crippen LogP contribution < -0.4 is 5.32 Å². The number of carbonyl (C=O) groups is 1. The topological polar surface area (TPSA) is 59.8 Å². The minimum absolute atomic E-state index is 0.0252. The van der Waals surface area contributed by atoms with Gasteiger partial charge in [0.1, 0.15) is 0 Å². The Balaban J connectivity index is 1.82. The van der Waals surface area contributed by atoms with Crippen LogP contribution in [0.3, 0.4) is 0 Å². The van der Waals surface area contributed by atoms with Crippen molar-refractivity contribution in [1.29, 1.82) is 0 Å². The summed E-state index contributed by atoms with van der Waals surface area (Å²) in [5, 5.41) is 7.31. The van der Waals surface area contributed by atoms with E-state index >= 15 is 0 Å². The third-order valence-corrected chi connectivity index (χ3v) is 3.44. The number of amides is 1. The highest BCUT2D eigenvalue weighted by molar-refractivity contribution is 5.78. The first-order chi connectivity index (χ1) is 9.58. The molecule has 20 heavy (non-hydrogen) atoms. The summed E-state index contributed by atoms with van der Waals surface area (Å²) in [6, 6.07) is 3.74. The highest BCUT2D eigenvalue weighted by Crippen LogP contribution is 2.11. The van der Waals surface area contributed by atoms with E-state index in [0.29, 0.717) is 13.0 Å². The number of pyridine rings is 1. The van der Waals surface area contributed by atoms with Gasteiger partial charge in [0.25, 0.3) is 0 Å². The van der Waals surface area contributed by atoms with Crippen molar-refractivity contribution >= 4 is 5.91 Å². The lowest BCUT2D eigenvalue weighted by Crippen LogP contribution is -2.27. The molecule has 0 saturated carbocycles. The highest BCUT2D eigenvalue weighted by Gasteiger charge is 2.09. The summed E-state index contributed by atoms with van der Waals surface area (Å²) >= 11 is 0. The second kappa shape index (κ2) is 6.32. The van der Waals surface area contributed by atoms with Gasteiger partial charge in [-0.2, -0.15) is 5.10 Å². The highest BCUT2D eigenvalue weighted by atomic mass is 16.1. The fourth-order valence-electron chi connectivity index (χ4n) is 2.26. The van der Waals surface area contributed by atoms with Crippen LogP contribution >= 0.6 is 0 Å². The van der Waals surface area contributed by atoms with E-state index in [4.69, 9.17) is 0 Å². The van der Waals surface area contributed by atoms with Crippen molar-refractivity contribution in [1.82, 2.24) is 20.1 Å². The number of rotatable bonds is 5. The van der Waals surface area contributed by atoms with Crippen LogP contribution in [0.15, 0.2) is 24.5 Å². The Morgan fingerprint density at radius 1 is 1.40 bits per heavy atom. The van der Waals surface area contributed by atoms with E-state index in [1.165, 1.54) is 5.56 Å². The molecular weight excluding hydrogens is 252 g/mol. The number of hydrogen-bond donors (Lipinski definition) is 1. The second-order valence-electron chi connectivity index (χ2n) is 4.91. The van der Waals surface area contributed by atoms with Crippen LogP contribution in [-0.2, 0) is 24.7 Å². The Morgan fingerprint density at radius 3 is 2.80 bits per heavy atom. The van der Waals surface area contributed by atoms with Gasteiger partial charge in [0.05, 0.1) is 12.1 Å². The van der Waals surface area contributed by atoms with Gasteiger partial charge in [-0.15, -0.1) is 0 Å². The van der Waals surface area contributed by atoms with Crippen molar-refractivity contribution in [2.45, 2.75) is 26.7 Å². The zero-order valence-electron chi connectivity index (χ0n) is 12.2. The molecule has 2 aromatic rings. The SMILES string of the molecule is Cc1nn(C)c(C)c1CCNC(=O)Cc1cccnc1. The quantitative estimate of drug-likeness (QED) is 0.893. The maximum Gasteiger partial charge on any atom is 0.224 e. The minimum atomic E-state index is 0.0252. The standard InChI is InChI=1S/C15H20N4O/c1-11-14(12(2)19(3)18-11)6-8-17-15(20)9-13-5-4-7-16-10-13/h4-5,7,10H,6,8-9H2,1-3H3,(H,17,20). The third-order valence-electron chi connectivity index (χ3n) is 3.44. The summed E-state index contributed by atoms with van der Waals surface area (Å²) in [6.45, 7) is 4.68. The number of aromatic nitrogens is 3. The predicted octanol–water partition coefficient (Wildman–Crippen LogP) is 1.33. The minimum Gasteiger partial charge on any atom is -0.355 e. The monoisotopic (exact) mass is 272 g/mol. The average Bonchev–Trinajstić information content (AvgIpc) is 2.66. The van der Waals surface area contributed by atoms with E-state index in [0.717, 1.165) is 23.4 Å². The molecule has 0 aliphatic carbocycles. The molecular formula is C15H20N4O. The molecule has 2 heterocycles. The lowest BCUT2D eigenvalue weighted by atomic mass is 10.1. The Hall–Kier alpha value is -2.17. The molecule has 106 valence electrons. The van der Waals surface area contributed by atoms with Crippen molar-refractivity contribution in [2.75, 3.05) is 6.54 Å². The van der Waals surface area contributed by atoms with Gasteiger partial charge in [-0.25, -0.2) is 0 Å². The Labute approximate surface area is 119 Å². The van der Waals surface area contributed by atoms with Gasteiger partial charge in [-0.05, 0) is 37.5 Å². The van der Waals surface area contributed by atoms with E-state index in [9.17, 15) is 4.79 Å². The van der Waals surface area contributed by atoms with Gasteiger partial charge in [0, 0.05) is 31.7 Å². The molecule has 0 unspecified atom stereocenters. The van der Waals surface area contributed by atoms with E-state index in [1.807, 2.05) is 37.7 Å². The van der Waals surface area contributed by atoms with Crippen LogP contribution in [0.1, 0.15) is 22.5 Å². The first-order valence-electron chi connectivity index (χ1n) is 6.72. The molecule has 2 rings (SSSR count). The smallest absolute Gasteiger partial charge is 0.224 e. The van der Waals surface area contributed by atoms with E-state index in [1.54, 1.807) is 12.4 Å². The van der Waals surface area contributed by atoms with Gasteiger partial charge in [-0.3, -0.25) is 14.5 Å². The van der Waals surface area contributed by atoms with Gasteiger partial charge in [0.15, 0.2) is 0 Å². The molecule has 0 fully saturated rings. The van der Waals surface area contributed by atoms with Crippen molar-refractivity contribution in [2.24, 2.45) is 7.05 Å². The predicted molar refractivity (Wildman–Crippen MR) is 77.3 cm³/mol. The summed E-state index contributed by atoms with van der Waals surface area (Å²) in [4.78, 5) is 15.8. The molecule has 5 nitrogen and oxygen atoms in total. The van der Waals surface area contributed by atoms with Crippen LogP contribution in [0.5, 0.6) is 0 Å². The van der Waals surface area contributed by atoms with Crippen LogP contribution in [0.25, 0.3) is 0 Å². The fourth-order valence-corrected chi connectivity index (χ4v) is 2.26. The normalized spacial score (nSPS) is 10.6. The number of hydrogen-bond acceptors (Lipinski definition) is 3. The molecule has 5 heteroatoms. The second-order valence-corrected chi connectivity index (χ2v) is 4.91. The maximum atomic E-state index is 11.8. The van der Waals surface area contributed by atoms with E-state index in [-0.39, 0.29) is 5.91 Å². The first-order valence-corrected chi connectivity index (χ1v) is 6.72. The van der Waals surface area contributed by atoms with Crippen LogP contribution in [0, 0.1) is 13.8 Å². The van der Waals surface area contributed by atoms with Crippen molar-refractivity contribution in [3.8, 4) is 0 Å². The molecule has 1 N–H and O–H groups in total. The van der Waals surface area contributed by atoms with Crippen LogP contribution in [0.4, 0.5) is 0 Å². The fraction of sp³-hybridized carbons (Fsp3) is 0.400. The number of nitrogens with one attached hydrogen (secondary N) is 1. The third kappa shape index (κ3) is 3.44. The van der Waals surface area contributed by atoms with Crippen molar-refractivity contribution in [3.63, 3.8) is 0 Å². The maximum absolute atomic E-state index is 11.8. The van der Waals surface area contributed by atoms with Gasteiger partial charge >= 0.3 is 0 Å². The first kappa shape index (κ1) is 14.2. The zero-order chi connectivity index (χ0) is 14.5. The molecule has 0 spiro atoms. The molecule has 0 aliphatic rings. The largest absolute Gasteiger partial charge is 0.355 e. The van der Waals surface area contributed by atoms with Gasteiger partial charge < -0.3 is 5.32 Å². The molecule has 0 radical (unpaired) electrons. The average molecular weight is 272 g/mol. The number of aryl methyl sites for hydroxylation is 2. The number of nitrogens with zero attached hydrogens (tertiary/aromatic N) is 3. The summed E-state index contributed by atoms with van der Waals surface area (Å²) in [5.74, 6) is 0.0252. The Morgan fingerprint density at radius 2 is 2.20 bits per heavy atom. The summed E-state index contributed by atoms with van der Waals surface area (Å²) < 4.78 is 1.88. The summed E-state index contributed by atoms with van der Waals surface area (Å²) in [6.07, 6.45) is 4.60.